The van der Waals surface area contributed by atoms with Crippen LogP contribution in [0.5, 0.6) is 0 Å². The van der Waals surface area contributed by atoms with Gasteiger partial charge in [0, 0.05) is 6.20 Å². The molecule has 0 N–H and O–H groups in total. The Bertz CT molecular complexity index is 65.7. The van der Waals surface area contributed by atoms with Gasteiger partial charge in [-0.25, -0.2) is 5.09 Å². The first-order chi connectivity index (χ1) is 2.50. The van der Waals surface area contributed by atoms with Crippen LogP contribution in [-0.2, 0) is 0 Å². The van der Waals surface area contributed by atoms with Crippen LogP contribution in [-0.4, -0.2) is 0 Å². The van der Waals surface area contributed by atoms with E-state index in [9.17, 15) is 0 Å². The van der Waals surface area contributed by atoms with Crippen LogP contribution in [0.4, 0.5) is 0 Å². The van der Waals surface area contributed by atoms with Crippen LogP contribution < -0.4 is 5.09 Å². The fourth-order valence-corrected chi connectivity index (χ4v) is 1.34. The molecule has 1 aliphatic rings. The van der Waals surface area contributed by atoms with Crippen molar-refractivity contribution in [1.82, 2.24) is 5.09 Å². The van der Waals surface area contributed by atoms with Gasteiger partial charge in [-0.2, -0.15) is 0 Å². The molecule has 0 atom stereocenters. The number of hydrogen-bond donors (Lipinski definition) is 0. The van der Waals surface area contributed by atoms with Crippen LogP contribution in [0.15, 0.2) is 12.0 Å². The molecule has 0 aromatic rings. The molecule has 0 saturated heterocycles. The average molecular weight is 102 g/mol. The molecule has 25 valence electrons. The molecule has 0 saturated carbocycles. The van der Waals surface area contributed by atoms with E-state index in [0.29, 0.717) is 0 Å². The maximum atomic E-state index is 3.86. The highest BCUT2D eigenvalue weighted by atomic mass is 31.7. The molecule has 0 aliphatic carbocycles. The molecule has 0 aromatic carbocycles. The highest BCUT2D eigenvalue weighted by Crippen LogP contribution is 2.19. The summed E-state index contributed by atoms with van der Waals surface area (Å²) >= 11 is 0. The number of hydrogen-bond acceptors (Lipinski definition) is 0. The minimum Gasteiger partial charge on any atom is -0.230 e. The molecular weight excluding hydrogens is 100.0 g/mol. The van der Waals surface area contributed by atoms with Crippen molar-refractivity contribution in [1.29, 1.82) is 0 Å². The summed E-state index contributed by atoms with van der Waals surface area (Å²) in [6, 6.07) is 0. The van der Waals surface area contributed by atoms with Crippen LogP contribution in [0.2, 0.25) is 0 Å². The van der Waals surface area contributed by atoms with Crippen LogP contribution in [0.1, 0.15) is 0 Å². The van der Waals surface area contributed by atoms with E-state index < -0.39 is 0 Å². The maximum absolute atomic E-state index is 3.86. The summed E-state index contributed by atoms with van der Waals surface area (Å²) in [6.07, 6.45) is 1.84. The first-order valence-electron chi connectivity index (χ1n) is 1.25. The molecule has 1 aliphatic heterocycles. The molecule has 1 nitrogen and oxygen atoms in total. The Balaban J connectivity index is 2.61. The Morgan fingerprint density at radius 2 is 2.60 bits per heavy atom. The molecule has 0 spiro atoms. The van der Waals surface area contributed by atoms with Gasteiger partial charge in [-0.15, -0.1) is 0 Å². The van der Waals surface area contributed by atoms with Gasteiger partial charge < -0.3 is 0 Å². The average Bonchev–Trinajstić information content (AvgIpc) is 1.76. The Labute approximate surface area is 33.9 Å². The molecule has 1 heterocycles. The quantitative estimate of drug-likeness (QED) is 0.414. The van der Waals surface area contributed by atoms with Crippen LogP contribution in [0.3, 0.4) is 0 Å². The van der Waals surface area contributed by atoms with Crippen molar-refractivity contribution >= 4 is 15.9 Å². The normalized spacial score (nSPS) is 22.4. The van der Waals surface area contributed by atoms with Crippen LogP contribution >= 0.6 is 15.9 Å². The Morgan fingerprint density at radius 1 is 1.60 bits per heavy atom. The maximum Gasteiger partial charge on any atom is 0.0693 e. The van der Waals surface area contributed by atoms with Crippen molar-refractivity contribution in [3.05, 3.63) is 12.0 Å². The summed E-state index contributed by atoms with van der Waals surface area (Å²) in [6.45, 7) is 0. The van der Waals surface area contributed by atoms with Crippen molar-refractivity contribution in [2.24, 2.45) is 0 Å². The van der Waals surface area contributed by atoms with Crippen molar-refractivity contribution in [3.8, 4) is 0 Å². The van der Waals surface area contributed by atoms with Crippen molar-refractivity contribution in [3.63, 3.8) is 0 Å². The lowest BCUT2D eigenvalue weighted by Gasteiger charge is -1.60. The molecule has 1 radical (unpaired) electrons. The molecule has 0 bridgehead atoms. The zero-order valence-corrected chi connectivity index (χ0v) is 4.29. The van der Waals surface area contributed by atoms with Gasteiger partial charge in [-0.1, -0.05) is 0 Å². The van der Waals surface area contributed by atoms with Gasteiger partial charge in [0.25, 0.3) is 0 Å². The van der Waals surface area contributed by atoms with Crippen LogP contribution in [0.25, 0.3) is 0 Å². The predicted molar refractivity (Wildman–Crippen MR) is 25.1 cm³/mol. The topological polar surface area (TPSA) is 14.1 Å². The molecule has 1 rings (SSSR count). The molecule has 5 heavy (non-hydrogen) atoms. The number of rotatable bonds is 0. The van der Waals surface area contributed by atoms with Gasteiger partial charge in [0.05, 0.1) is 8.02 Å². The van der Waals surface area contributed by atoms with E-state index in [2.05, 4.69) is 5.09 Å². The second kappa shape index (κ2) is 1.55. The van der Waals surface area contributed by atoms with Gasteiger partial charge in [0.1, 0.15) is 0 Å². The van der Waals surface area contributed by atoms with E-state index in [4.69, 9.17) is 0 Å². The van der Waals surface area contributed by atoms with E-state index in [1.807, 2.05) is 12.0 Å². The van der Waals surface area contributed by atoms with E-state index in [-0.39, 0.29) is 0 Å². The SMILES string of the molecule is C1=CP=P[N]1. The summed E-state index contributed by atoms with van der Waals surface area (Å²) in [5.41, 5.74) is 0. The summed E-state index contributed by atoms with van der Waals surface area (Å²) < 4.78 is 0. The highest BCUT2D eigenvalue weighted by molar-refractivity contribution is 7.85. The van der Waals surface area contributed by atoms with Crippen molar-refractivity contribution in [2.45, 2.75) is 0 Å². The first kappa shape index (κ1) is 3.33. The summed E-state index contributed by atoms with van der Waals surface area (Å²) in [5.74, 6) is 2.03. The Hall–Kier alpha value is 0.140. The monoisotopic (exact) mass is 102 g/mol. The van der Waals surface area contributed by atoms with Gasteiger partial charge in [-0.05, 0) is 13.7 Å². The minimum atomic E-state index is 1.18. The van der Waals surface area contributed by atoms with Crippen molar-refractivity contribution in [2.75, 3.05) is 0 Å². The lowest BCUT2D eigenvalue weighted by Crippen LogP contribution is -1.58. The zero-order valence-electron chi connectivity index (χ0n) is 2.50. The summed E-state index contributed by atoms with van der Waals surface area (Å²) in [5, 5.41) is 3.86. The van der Waals surface area contributed by atoms with Gasteiger partial charge in [0.2, 0.25) is 0 Å². The largest absolute Gasteiger partial charge is 0.230 e. The lowest BCUT2D eigenvalue weighted by atomic mass is 11.1. The molecule has 0 amide bonds. The third kappa shape index (κ3) is 0.718. The summed E-state index contributed by atoms with van der Waals surface area (Å²) in [7, 11) is 2.49. The van der Waals surface area contributed by atoms with Gasteiger partial charge >= 0.3 is 0 Å². The highest BCUT2D eigenvalue weighted by Gasteiger charge is 1.74. The second-order valence-electron chi connectivity index (χ2n) is 0.619. The molecule has 0 fully saturated rings. The standard InChI is InChI=1S/C2H2NP2/c1-2-4-5-3-1/h1-2H. The first-order valence-corrected chi connectivity index (χ1v) is 3.77. The van der Waals surface area contributed by atoms with Gasteiger partial charge in [-0.3, -0.25) is 0 Å². The van der Waals surface area contributed by atoms with Gasteiger partial charge in [0.15, 0.2) is 0 Å². The Morgan fingerprint density at radius 3 is 2.80 bits per heavy atom. The summed E-state index contributed by atoms with van der Waals surface area (Å²) in [4.78, 5) is 0. The van der Waals surface area contributed by atoms with E-state index in [0.717, 1.165) is 0 Å². The molecule has 0 unspecified atom stereocenters. The molecular formula is C2H2NP2. The molecule has 3 heteroatoms. The van der Waals surface area contributed by atoms with E-state index in [1.54, 1.807) is 0 Å². The number of nitrogens with zero attached hydrogens (tertiary/aromatic N) is 1. The molecule has 0 aromatic heterocycles. The fraction of sp³-hybridized carbons (Fsp3) is 0. The smallest absolute Gasteiger partial charge is 0.0693 e. The van der Waals surface area contributed by atoms with Crippen molar-refractivity contribution < 1.29 is 0 Å². The third-order valence-corrected chi connectivity index (χ3v) is 1.93. The fourth-order valence-electron chi connectivity index (χ4n) is 0.149. The van der Waals surface area contributed by atoms with E-state index in [1.165, 1.54) is 15.9 Å². The minimum absolute atomic E-state index is 1.18. The predicted octanol–water partition coefficient (Wildman–Crippen LogP) is 1.80. The Kier molecular flexibility index (Phi) is 1.03. The lowest BCUT2D eigenvalue weighted by molar-refractivity contribution is 1.41. The third-order valence-electron chi connectivity index (χ3n) is 0.303. The van der Waals surface area contributed by atoms with Crippen LogP contribution in [0, 0.1) is 0 Å². The van der Waals surface area contributed by atoms with E-state index >= 15 is 0 Å². The zero-order chi connectivity index (χ0) is 3.54. The second-order valence-corrected chi connectivity index (χ2v) is 2.79.